The molecule has 0 heterocycles. The van der Waals surface area contributed by atoms with E-state index in [0.717, 1.165) is 0 Å². The molecule has 0 aliphatic heterocycles. The number of hydrogen-bond donors (Lipinski definition) is 4. The summed E-state index contributed by atoms with van der Waals surface area (Å²) >= 11 is 0. The van der Waals surface area contributed by atoms with Crippen LogP contribution < -0.4 is 24.6 Å². The van der Waals surface area contributed by atoms with Gasteiger partial charge in [0.1, 0.15) is 0 Å². The van der Waals surface area contributed by atoms with Crippen molar-refractivity contribution in [3.63, 3.8) is 0 Å². The average Bonchev–Trinajstić information content (AvgIpc) is 0. The van der Waals surface area contributed by atoms with E-state index in [2.05, 4.69) is 0 Å². The summed E-state index contributed by atoms with van der Waals surface area (Å²) in [7, 11) is 0. The second-order valence-corrected chi connectivity index (χ2v) is 0. The first-order valence-electron chi connectivity index (χ1n) is 0. The SMILES string of the molecule is N.N.N.N.[Ir].[Ti].[Ti].[Ti]. The van der Waals surface area contributed by atoms with Crippen LogP contribution in [0.25, 0.3) is 0 Å². The molecule has 1 radical (unpaired) electrons. The van der Waals surface area contributed by atoms with Gasteiger partial charge in [-0.3, -0.25) is 0 Å². The molecular formula is H12IrN4Ti3. The van der Waals surface area contributed by atoms with Crippen LogP contribution in [0.4, 0.5) is 0 Å². The first-order chi connectivity index (χ1) is 0. The first kappa shape index (κ1) is 142. The number of hydrogen-bond acceptors (Lipinski definition) is 4. The topological polar surface area (TPSA) is 140 Å². The molecule has 0 atom stereocenters. The van der Waals surface area contributed by atoms with Gasteiger partial charge in [-0.1, -0.05) is 0 Å². The van der Waals surface area contributed by atoms with Crippen LogP contribution >= 0.6 is 0 Å². The third-order valence-corrected chi connectivity index (χ3v) is 0. The van der Waals surface area contributed by atoms with E-state index in [-0.39, 0.29) is 110 Å². The van der Waals surface area contributed by atoms with E-state index in [1.54, 1.807) is 0 Å². The minimum atomic E-state index is 0. The van der Waals surface area contributed by atoms with Gasteiger partial charge in [0.2, 0.25) is 0 Å². The van der Waals surface area contributed by atoms with Gasteiger partial charge >= 0.3 is 0 Å². The molecular weight excluding hydrogens is 392 g/mol. The Morgan fingerprint density at radius 3 is 0.375 bits per heavy atom. The fourth-order valence-electron chi connectivity index (χ4n) is 0. The Hall–Kier alpha value is 2.63. The molecule has 0 fully saturated rings. The molecule has 12 N–H and O–H groups in total. The largest absolute Gasteiger partial charge is 0.344 e. The Balaban J connectivity index is 0. The van der Waals surface area contributed by atoms with Gasteiger partial charge < -0.3 is 24.6 Å². The summed E-state index contributed by atoms with van der Waals surface area (Å²) in [4.78, 5) is 0. The van der Waals surface area contributed by atoms with E-state index in [1.807, 2.05) is 0 Å². The van der Waals surface area contributed by atoms with Gasteiger partial charge in [0, 0.05) is 85.3 Å². The molecule has 0 bridgehead atoms. The fraction of sp³-hybridized carbons (Fsp3) is 0. The predicted molar refractivity (Wildman–Crippen MR) is 20.1 cm³/mol. The standard InChI is InChI=1S/Ir.4H3N.3Ti/h;4*1H3;;;. The Bertz CT molecular complexity index is 11.2. The van der Waals surface area contributed by atoms with Gasteiger partial charge in [-0.15, -0.1) is 0 Å². The van der Waals surface area contributed by atoms with E-state index < -0.39 is 0 Å². The summed E-state index contributed by atoms with van der Waals surface area (Å²) in [5, 5.41) is 0. The summed E-state index contributed by atoms with van der Waals surface area (Å²) in [6, 6.07) is 0. The van der Waals surface area contributed by atoms with Gasteiger partial charge in [0.05, 0.1) is 0 Å². The van der Waals surface area contributed by atoms with Crippen LogP contribution in [0.3, 0.4) is 0 Å². The summed E-state index contributed by atoms with van der Waals surface area (Å²) in [6.45, 7) is 0. The normalized spacial score (nSPS) is 0. The van der Waals surface area contributed by atoms with Gasteiger partial charge in [-0.2, -0.15) is 0 Å². The molecule has 53 valence electrons. The Labute approximate surface area is 108 Å². The maximum atomic E-state index is 0. The van der Waals surface area contributed by atoms with Crippen molar-refractivity contribution in [2.24, 2.45) is 0 Å². The molecule has 0 unspecified atom stereocenters. The third kappa shape index (κ3) is 72.6. The molecule has 8 heavy (non-hydrogen) atoms. The molecule has 0 aromatic carbocycles. The molecule has 0 aliphatic rings. The van der Waals surface area contributed by atoms with Crippen molar-refractivity contribution in [1.29, 1.82) is 0 Å². The quantitative estimate of drug-likeness (QED) is 0.440. The van der Waals surface area contributed by atoms with Crippen molar-refractivity contribution in [3.05, 3.63) is 0 Å². The molecule has 0 saturated heterocycles. The van der Waals surface area contributed by atoms with Crippen molar-refractivity contribution < 1.29 is 85.3 Å². The zero-order chi connectivity index (χ0) is 0. The van der Waals surface area contributed by atoms with Crippen molar-refractivity contribution in [1.82, 2.24) is 24.6 Å². The van der Waals surface area contributed by atoms with E-state index >= 15 is 0 Å². The summed E-state index contributed by atoms with van der Waals surface area (Å²) < 4.78 is 0. The van der Waals surface area contributed by atoms with E-state index in [1.165, 1.54) is 0 Å². The number of rotatable bonds is 0. The minimum absolute atomic E-state index is 0. The van der Waals surface area contributed by atoms with Gasteiger partial charge in [0.15, 0.2) is 0 Å². The molecule has 4 nitrogen and oxygen atoms in total. The van der Waals surface area contributed by atoms with Crippen LogP contribution in [0.5, 0.6) is 0 Å². The van der Waals surface area contributed by atoms with E-state index in [9.17, 15) is 0 Å². The van der Waals surface area contributed by atoms with E-state index in [4.69, 9.17) is 0 Å². The summed E-state index contributed by atoms with van der Waals surface area (Å²) in [5.41, 5.74) is 0. The van der Waals surface area contributed by atoms with Crippen LogP contribution in [0.15, 0.2) is 0 Å². The van der Waals surface area contributed by atoms with Crippen molar-refractivity contribution in [2.45, 2.75) is 0 Å². The van der Waals surface area contributed by atoms with E-state index in [0.29, 0.717) is 0 Å². The maximum absolute atomic E-state index is 0. The predicted octanol–water partition coefficient (Wildman–Crippen LogP) is 0.638. The van der Waals surface area contributed by atoms with Crippen molar-refractivity contribution in [2.75, 3.05) is 0 Å². The minimum Gasteiger partial charge on any atom is -0.344 e. The molecule has 0 aromatic rings. The Morgan fingerprint density at radius 1 is 0.375 bits per heavy atom. The van der Waals surface area contributed by atoms with Gasteiger partial charge in [0.25, 0.3) is 0 Å². The third-order valence-electron chi connectivity index (χ3n) is 0. The maximum Gasteiger partial charge on any atom is 0 e. The second kappa shape index (κ2) is 104. The van der Waals surface area contributed by atoms with Crippen molar-refractivity contribution in [3.8, 4) is 0 Å². The Morgan fingerprint density at radius 2 is 0.375 bits per heavy atom. The molecule has 0 amide bonds. The molecule has 0 spiro atoms. The van der Waals surface area contributed by atoms with Gasteiger partial charge in [-0.05, 0) is 0 Å². The fourth-order valence-corrected chi connectivity index (χ4v) is 0. The molecule has 0 aliphatic carbocycles. The van der Waals surface area contributed by atoms with Crippen LogP contribution in [0.1, 0.15) is 0 Å². The van der Waals surface area contributed by atoms with Gasteiger partial charge in [-0.25, -0.2) is 0 Å². The molecule has 8 heteroatoms. The molecule has 0 rings (SSSR count). The zero-order valence-corrected chi connectivity index (χ0v) is 11.7. The smallest absolute Gasteiger partial charge is 0 e. The van der Waals surface area contributed by atoms with Crippen LogP contribution in [0, 0.1) is 0 Å². The van der Waals surface area contributed by atoms with Crippen LogP contribution in [-0.4, -0.2) is 0 Å². The van der Waals surface area contributed by atoms with Crippen LogP contribution in [0.2, 0.25) is 0 Å². The molecule has 0 aromatic heterocycles. The second-order valence-electron chi connectivity index (χ2n) is 0. The monoisotopic (exact) mass is 405 g/mol. The van der Waals surface area contributed by atoms with Crippen molar-refractivity contribution >= 4 is 0 Å². The first-order valence-corrected chi connectivity index (χ1v) is 0. The zero-order valence-electron chi connectivity index (χ0n) is 4.66. The average molecular weight is 404 g/mol. The molecule has 0 saturated carbocycles. The summed E-state index contributed by atoms with van der Waals surface area (Å²) in [5.74, 6) is 0. The Kier molecular flexibility index (Phi) is 1840. The summed E-state index contributed by atoms with van der Waals surface area (Å²) in [6.07, 6.45) is 0. The van der Waals surface area contributed by atoms with Crippen LogP contribution in [-0.2, 0) is 85.3 Å².